The lowest BCUT2D eigenvalue weighted by molar-refractivity contribution is -0.274. The monoisotopic (exact) mass is 529 g/mol. The average molecular weight is 530 g/mol. The molecule has 1 atom stereocenters. The van der Waals surface area contributed by atoms with Crippen molar-refractivity contribution in [3.63, 3.8) is 0 Å². The normalized spacial score (nSPS) is 17.6. The molecule has 1 aromatic heterocycles. The molecule has 1 amide bonds. The summed E-state index contributed by atoms with van der Waals surface area (Å²) in [6.45, 7) is 6.59. The summed E-state index contributed by atoms with van der Waals surface area (Å²) in [5.41, 5.74) is -0.258. The Morgan fingerprint density at radius 2 is 1.69 bits per heavy atom. The van der Waals surface area contributed by atoms with Crippen molar-refractivity contribution in [2.75, 3.05) is 13.2 Å². The Balaban J connectivity index is 2.02. The first-order valence-corrected chi connectivity index (χ1v) is 11.3. The van der Waals surface area contributed by atoms with E-state index in [1.807, 2.05) is 0 Å². The van der Waals surface area contributed by atoms with Gasteiger partial charge in [0, 0.05) is 18.2 Å². The van der Waals surface area contributed by atoms with Gasteiger partial charge in [-0.15, -0.1) is 17.7 Å². The zero-order chi connectivity index (χ0) is 26.9. The van der Waals surface area contributed by atoms with Crippen molar-refractivity contribution in [1.29, 1.82) is 0 Å². The van der Waals surface area contributed by atoms with E-state index >= 15 is 0 Å². The Labute approximate surface area is 210 Å². The molecular formula is C24H25ClF3N2O6+. The first-order valence-electron chi connectivity index (χ1n) is 10.9. The Hall–Kier alpha value is -3.31. The molecule has 1 aliphatic rings. The van der Waals surface area contributed by atoms with E-state index in [-0.39, 0.29) is 41.9 Å². The van der Waals surface area contributed by atoms with Crippen LogP contribution >= 0.6 is 11.6 Å². The largest absolute Gasteiger partial charge is 0.573 e. The molecule has 3 rings (SSSR count). The summed E-state index contributed by atoms with van der Waals surface area (Å²) >= 11 is 6.41. The molecule has 0 saturated heterocycles. The van der Waals surface area contributed by atoms with Gasteiger partial charge in [0.2, 0.25) is 5.70 Å². The Bertz CT molecular complexity index is 1190. The van der Waals surface area contributed by atoms with Crippen LogP contribution in [0.4, 0.5) is 23.7 Å². The molecule has 12 heteroatoms. The number of carbonyl (C=O) groups is 2. The average Bonchev–Trinajstić information content (AvgIpc) is 3.07. The highest BCUT2D eigenvalue weighted by molar-refractivity contribution is 6.33. The number of pyridine rings is 1. The molecule has 36 heavy (non-hydrogen) atoms. The number of carboxylic acid groups (broad SMARTS) is 1. The Morgan fingerprint density at radius 1 is 1.08 bits per heavy atom. The second kappa shape index (κ2) is 9.98. The van der Waals surface area contributed by atoms with Crippen LogP contribution in [0, 0.1) is 0 Å². The first kappa shape index (κ1) is 27.3. The van der Waals surface area contributed by atoms with Crippen LogP contribution in [0.2, 0.25) is 5.15 Å². The second-order valence-electron chi connectivity index (χ2n) is 8.79. The van der Waals surface area contributed by atoms with Crippen LogP contribution in [-0.4, -0.2) is 47.3 Å². The highest BCUT2D eigenvalue weighted by atomic mass is 35.5. The zero-order valence-corrected chi connectivity index (χ0v) is 20.7. The molecule has 0 aliphatic carbocycles. The lowest BCUT2D eigenvalue weighted by atomic mass is 10.00. The summed E-state index contributed by atoms with van der Waals surface area (Å²) in [5.74, 6) is -0.961. The number of ether oxygens (including phenoxy) is 3. The van der Waals surface area contributed by atoms with Gasteiger partial charge in [0.1, 0.15) is 17.0 Å². The number of nitrogens with zero attached hydrogens (tertiary/aromatic N) is 2. The maximum Gasteiger partial charge on any atom is 0.573 e. The number of hydrogen-bond donors (Lipinski definition) is 1. The fourth-order valence-electron chi connectivity index (χ4n) is 4.30. The maximum atomic E-state index is 13.2. The van der Waals surface area contributed by atoms with Gasteiger partial charge < -0.3 is 19.3 Å². The third-order valence-corrected chi connectivity index (χ3v) is 5.88. The van der Waals surface area contributed by atoms with E-state index in [1.54, 1.807) is 33.8 Å². The fourth-order valence-corrected chi connectivity index (χ4v) is 4.59. The minimum Gasteiger partial charge on any atom is -0.493 e. The van der Waals surface area contributed by atoms with E-state index in [1.165, 1.54) is 18.3 Å². The van der Waals surface area contributed by atoms with Crippen molar-refractivity contribution in [2.45, 2.75) is 46.0 Å². The number of aromatic nitrogens is 1. The van der Waals surface area contributed by atoms with Gasteiger partial charge in [-0.2, -0.15) is 4.79 Å². The van der Waals surface area contributed by atoms with Gasteiger partial charge in [-0.05, 0) is 58.0 Å². The number of hydrogen-bond acceptors (Lipinski definition) is 6. The summed E-state index contributed by atoms with van der Waals surface area (Å²) in [6.07, 6.45) is -4.66. The number of benzene rings is 1. The van der Waals surface area contributed by atoms with Gasteiger partial charge in [-0.3, -0.25) is 0 Å². The molecule has 0 radical (unpaired) electrons. The number of carbonyl (C=O) groups excluding carboxylic acids is 1. The third-order valence-electron chi connectivity index (χ3n) is 5.60. The van der Waals surface area contributed by atoms with Gasteiger partial charge in [0.25, 0.3) is 0 Å². The summed E-state index contributed by atoms with van der Waals surface area (Å²) in [5, 5.41) is 10.4. The van der Waals surface area contributed by atoms with Crippen molar-refractivity contribution < 1.29 is 42.1 Å². The SMILES string of the molecule is CCOC(=O)C1=C(CCOc2ccc(OC(F)(F)F)cc2)c2ccnc(Cl)c2[N+]1(C(=O)O)C(C)(C)C. The molecule has 0 saturated carbocycles. The number of esters is 1. The van der Waals surface area contributed by atoms with Crippen molar-refractivity contribution >= 4 is 34.9 Å². The van der Waals surface area contributed by atoms with Crippen LogP contribution in [0.3, 0.4) is 0 Å². The lowest BCUT2D eigenvalue weighted by Gasteiger charge is -2.40. The summed E-state index contributed by atoms with van der Waals surface area (Å²) in [4.78, 5) is 30.2. The highest BCUT2D eigenvalue weighted by Crippen LogP contribution is 2.54. The van der Waals surface area contributed by atoms with Gasteiger partial charge >= 0.3 is 18.4 Å². The maximum absolute atomic E-state index is 13.2. The predicted octanol–water partition coefficient (Wildman–Crippen LogP) is 6.17. The van der Waals surface area contributed by atoms with Crippen LogP contribution in [0.25, 0.3) is 5.57 Å². The zero-order valence-electron chi connectivity index (χ0n) is 20.0. The van der Waals surface area contributed by atoms with E-state index in [0.717, 1.165) is 12.1 Å². The van der Waals surface area contributed by atoms with Gasteiger partial charge in [0.15, 0.2) is 10.8 Å². The van der Waals surface area contributed by atoms with Gasteiger partial charge in [-0.1, -0.05) is 11.6 Å². The van der Waals surface area contributed by atoms with Crippen molar-refractivity contribution in [3.05, 3.63) is 52.9 Å². The quantitative estimate of drug-likeness (QED) is 0.260. The van der Waals surface area contributed by atoms with Crippen molar-refractivity contribution in [3.8, 4) is 11.5 Å². The van der Waals surface area contributed by atoms with E-state index in [0.29, 0.717) is 11.1 Å². The molecule has 0 fully saturated rings. The van der Waals surface area contributed by atoms with Crippen LogP contribution in [0.15, 0.2) is 42.2 Å². The Morgan fingerprint density at radius 3 is 2.22 bits per heavy atom. The van der Waals surface area contributed by atoms with Crippen molar-refractivity contribution in [1.82, 2.24) is 9.47 Å². The molecule has 1 N–H and O–H groups in total. The summed E-state index contributed by atoms with van der Waals surface area (Å²) < 4.78 is 51.0. The molecule has 1 unspecified atom stereocenters. The van der Waals surface area contributed by atoms with E-state index in [4.69, 9.17) is 21.1 Å². The molecule has 1 aromatic carbocycles. The minimum atomic E-state index is -4.81. The summed E-state index contributed by atoms with van der Waals surface area (Å²) in [7, 11) is 0. The molecule has 194 valence electrons. The highest BCUT2D eigenvalue weighted by Gasteiger charge is 2.63. The Kier molecular flexibility index (Phi) is 7.56. The van der Waals surface area contributed by atoms with Crippen LogP contribution < -0.4 is 14.0 Å². The summed E-state index contributed by atoms with van der Waals surface area (Å²) in [6, 6.07) is 6.40. The van der Waals surface area contributed by atoms with E-state index in [9.17, 15) is 27.9 Å². The molecule has 0 spiro atoms. The smallest absolute Gasteiger partial charge is 0.493 e. The first-order chi connectivity index (χ1) is 16.7. The molecule has 0 bridgehead atoms. The van der Waals surface area contributed by atoms with E-state index < -0.39 is 34.2 Å². The van der Waals surface area contributed by atoms with Crippen LogP contribution in [0.5, 0.6) is 11.5 Å². The molecule has 1 aliphatic heterocycles. The van der Waals surface area contributed by atoms with E-state index in [2.05, 4.69) is 9.72 Å². The molecule has 2 aromatic rings. The number of amides is 1. The molecule has 8 nitrogen and oxygen atoms in total. The number of halogens is 4. The van der Waals surface area contributed by atoms with Crippen LogP contribution in [-0.2, 0) is 9.53 Å². The minimum absolute atomic E-state index is 0.0184. The van der Waals surface area contributed by atoms with Crippen molar-refractivity contribution in [2.24, 2.45) is 0 Å². The van der Waals surface area contributed by atoms with Crippen LogP contribution in [0.1, 0.15) is 39.7 Å². The molecular weight excluding hydrogens is 505 g/mol. The number of rotatable bonds is 7. The number of quaternary nitrogens is 1. The topological polar surface area (TPSA) is 95.0 Å². The standard InChI is InChI=1S/C24H24ClF3N2O6/c1-5-34-21(31)19-17(11-13-35-14-6-8-15(9-7-14)36-24(26,27)28)16-10-12-29-20(25)18(16)30(19,22(32)33)23(2,3)4/h6-10,12H,5,11,13H2,1-4H3/p+1. The number of alkyl halides is 3. The number of fused-ring (bicyclic) bond motifs is 1. The lowest BCUT2D eigenvalue weighted by Crippen LogP contribution is -2.64. The fraction of sp³-hybridized carbons (Fsp3) is 0.375. The third kappa shape index (κ3) is 4.98. The molecule has 2 heterocycles. The van der Waals surface area contributed by atoms with Gasteiger partial charge in [0.05, 0.1) is 18.8 Å². The van der Waals surface area contributed by atoms with Gasteiger partial charge in [-0.25, -0.2) is 9.78 Å². The predicted molar refractivity (Wildman–Crippen MR) is 126 cm³/mol. The second-order valence-corrected chi connectivity index (χ2v) is 9.15.